The van der Waals surface area contributed by atoms with E-state index in [1.807, 2.05) is 24.3 Å². The quantitative estimate of drug-likeness (QED) is 0.691. The lowest BCUT2D eigenvalue weighted by molar-refractivity contribution is 0.174. The second-order valence-corrected chi connectivity index (χ2v) is 2.58. The minimum atomic E-state index is 0.275. The van der Waals surface area contributed by atoms with E-state index in [1.165, 1.54) is 0 Å². The van der Waals surface area contributed by atoms with Crippen molar-refractivity contribution in [1.29, 1.82) is 5.26 Å². The van der Waals surface area contributed by atoms with Gasteiger partial charge in [0.25, 0.3) is 0 Å². The summed E-state index contributed by atoms with van der Waals surface area (Å²) in [5.41, 5.74) is 0.866. The Morgan fingerprint density at radius 3 is 3.08 bits per heavy atom. The van der Waals surface area contributed by atoms with Crippen LogP contribution in [0.25, 0.3) is 0 Å². The zero-order valence-corrected chi connectivity index (χ0v) is 6.91. The molecule has 0 fully saturated rings. The van der Waals surface area contributed by atoms with Gasteiger partial charge in [-0.15, -0.1) is 0 Å². The Morgan fingerprint density at radius 2 is 2.23 bits per heavy atom. The van der Waals surface area contributed by atoms with E-state index < -0.39 is 0 Å². The van der Waals surface area contributed by atoms with Gasteiger partial charge in [-0.05, 0) is 12.1 Å². The maximum absolute atomic E-state index is 8.35. The van der Waals surface area contributed by atoms with Crippen LogP contribution in [0, 0.1) is 11.3 Å². The first kappa shape index (κ1) is 7.74. The molecule has 0 saturated heterocycles. The number of hydrogen-bond donors (Lipinski definition) is 1. The van der Waals surface area contributed by atoms with Crippen molar-refractivity contribution in [2.45, 2.75) is 0 Å². The minimum absolute atomic E-state index is 0.275. The van der Waals surface area contributed by atoms with Crippen LogP contribution in [0.5, 0.6) is 11.5 Å². The fraction of sp³-hybridized carbons (Fsp3) is 0.222. The Labute approximate surface area is 75.7 Å². The number of nitrogens with one attached hydrogen (secondary N) is 1. The first-order valence-electron chi connectivity index (χ1n) is 3.90. The van der Waals surface area contributed by atoms with Crippen LogP contribution in [0.2, 0.25) is 0 Å². The van der Waals surface area contributed by atoms with Gasteiger partial charge in [0, 0.05) is 11.8 Å². The summed E-state index contributed by atoms with van der Waals surface area (Å²) in [6.07, 6.45) is 0. The molecule has 0 aliphatic carbocycles. The molecule has 1 N–H and O–H groups in total. The van der Waals surface area contributed by atoms with Gasteiger partial charge in [-0.25, -0.2) is 0 Å². The van der Waals surface area contributed by atoms with Crippen LogP contribution in [0.4, 0.5) is 5.69 Å². The van der Waals surface area contributed by atoms with Crippen molar-refractivity contribution in [2.24, 2.45) is 0 Å². The third-order valence-corrected chi connectivity index (χ3v) is 1.74. The SMILES string of the molecule is N#CCNc1ccc2c(c1)OCO2. The van der Waals surface area contributed by atoms with Gasteiger partial charge in [-0.3, -0.25) is 0 Å². The van der Waals surface area contributed by atoms with Crippen molar-refractivity contribution in [3.63, 3.8) is 0 Å². The molecule has 0 bridgehead atoms. The van der Waals surface area contributed by atoms with Crippen molar-refractivity contribution >= 4 is 5.69 Å². The predicted octanol–water partition coefficient (Wildman–Crippen LogP) is 1.35. The van der Waals surface area contributed by atoms with E-state index in [4.69, 9.17) is 14.7 Å². The van der Waals surface area contributed by atoms with Crippen molar-refractivity contribution in [1.82, 2.24) is 0 Å². The first-order valence-corrected chi connectivity index (χ1v) is 3.90. The number of hydrogen-bond acceptors (Lipinski definition) is 4. The molecular weight excluding hydrogens is 168 g/mol. The highest BCUT2D eigenvalue weighted by atomic mass is 16.7. The smallest absolute Gasteiger partial charge is 0.231 e. The number of nitrogens with zero attached hydrogens (tertiary/aromatic N) is 1. The highest BCUT2D eigenvalue weighted by molar-refractivity contribution is 5.55. The van der Waals surface area contributed by atoms with Crippen LogP contribution in [-0.2, 0) is 0 Å². The van der Waals surface area contributed by atoms with Gasteiger partial charge >= 0.3 is 0 Å². The molecule has 0 saturated carbocycles. The monoisotopic (exact) mass is 176 g/mol. The third-order valence-electron chi connectivity index (χ3n) is 1.74. The van der Waals surface area contributed by atoms with E-state index in [0.29, 0.717) is 6.54 Å². The lowest BCUT2D eigenvalue weighted by atomic mass is 10.3. The maximum Gasteiger partial charge on any atom is 0.231 e. The molecule has 66 valence electrons. The van der Waals surface area contributed by atoms with Crippen molar-refractivity contribution in [2.75, 3.05) is 18.7 Å². The maximum atomic E-state index is 8.35. The summed E-state index contributed by atoms with van der Waals surface area (Å²) in [5.74, 6) is 1.48. The molecule has 4 nitrogen and oxygen atoms in total. The van der Waals surface area contributed by atoms with Gasteiger partial charge in [-0.1, -0.05) is 0 Å². The number of benzene rings is 1. The number of rotatable bonds is 2. The molecule has 4 heteroatoms. The van der Waals surface area contributed by atoms with Crippen LogP contribution in [0.1, 0.15) is 0 Å². The molecule has 13 heavy (non-hydrogen) atoms. The Morgan fingerprint density at radius 1 is 1.38 bits per heavy atom. The van der Waals surface area contributed by atoms with Gasteiger partial charge in [0.05, 0.1) is 6.07 Å². The van der Waals surface area contributed by atoms with E-state index >= 15 is 0 Å². The highest BCUT2D eigenvalue weighted by Crippen LogP contribution is 2.33. The lowest BCUT2D eigenvalue weighted by Gasteiger charge is -2.02. The Bertz CT molecular complexity index is 357. The van der Waals surface area contributed by atoms with E-state index in [9.17, 15) is 0 Å². The molecule has 1 aromatic carbocycles. The van der Waals surface area contributed by atoms with Crippen molar-refractivity contribution < 1.29 is 9.47 Å². The zero-order chi connectivity index (χ0) is 9.10. The van der Waals surface area contributed by atoms with Gasteiger partial charge in [0.2, 0.25) is 6.79 Å². The average molecular weight is 176 g/mol. The van der Waals surface area contributed by atoms with Crippen LogP contribution in [0.3, 0.4) is 0 Å². The summed E-state index contributed by atoms with van der Waals surface area (Å²) in [7, 11) is 0. The summed E-state index contributed by atoms with van der Waals surface area (Å²) in [6, 6.07) is 7.49. The molecule has 2 rings (SSSR count). The van der Waals surface area contributed by atoms with Crippen LogP contribution >= 0.6 is 0 Å². The van der Waals surface area contributed by atoms with Gasteiger partial charge in [0.1, 0.15) is 6.54 Å². The number of nitriles is 1. The minimum Gasteiger partial charge on any atom is -0.454 e. The van der Waals surface area contributed by atoms with Gasteiger partial charge in [0.15, 0.2) is 11.5 Å². The van der Waals surface area contributed by atoms with Gasteiger partial charge < -0.3 is 14.8 Å². The molecule has 0 amide bonds. The van der Waals surface area contributed by atoms with Crippen LogP contribution in [0.15, 0.2) is 18.2 Å². The number of ether oxygens (including phenoxy) is 2. The van der Waals surface area contributed by atoms with E-state index in [-0.39, 0.29) is 6.79 Å². The van der Waals surface area contributed by atoms with E-state index in [0.717, 1.165) is 17.2 Å². The normalized spacial score (nSPS) is 12.2. The third kappa shape index (κ3) is 1.49. The predicted molar refractivity (Wildman–Crippen MR) is 46.7 cm³/mol. The van der Waals surface area contributed by atoms with E-state index in [1.54, 1.807) is 0 Å². The number of anilines is 1. The Balaban J connectivity index is 2.17. The first-order chi connectivity index (χ1) is 6.40. The second-order valence-electron chi connectivity index (χ2n) is 2.58. The zero-order valence-electron chi connectivity index (χ0n) is 6.91. The molecule has 0 unspecified atom stereocenters. The summed E-state index contributed by atoms with van der Waals surface area (Å²) in [6.45, 7) is 0.566. The lowest BCUT2D eigenvalue weighted by Crippen LogP contribution is -1.97. The summed E-state index contributed by atoms with van der Waals surface area (Å²) in [4.78, 5) is 0. The fourth-order valence-electron chi connectivity index (χ4n) is 1.15. The summed E-state index contributed by atoms with van der Waals surface area (Å²) >= 11 is 0. The van der Waals surface area contributed by atoms with Crippen LogP contribution < -0.4 is 14.8 Å². The number of fused-ring (bicyclic) bond motifs is 1. The molecule has 1 aromatic rings. The van der Waals surface area contributed by atoms with Crippen LogP contribution in [-0.4, -0.2) is 13.3 Å². The molecule has 1 aliphatic rings. The second kappa shape index (κ2) is 3.23. The van der Waals surface area contributed by atoms with Gasteiger partial charge in [-0.2, -0.15) is 5.26 Å². The van der Waals surface area contributed by atoms with Crippen molar-refractivity contribution in [3.05, 3.63) is 18.2 Å². The highest BCUT2D eigenvalue weighted by Gasteiger charge is 2.12. The van der Waals surface area contributed by atoms with Crippen molar-refractivity contribution in [3.8, 4) is 17.6 Å². The molecule has 0 atom stereocenters. The standard InChI is InChI=1S/C9H8N2O2/c10-3-4-11-7-1-2-8-9(5-7)13-6-12-8/h1-2,5,11H,4,6H2. The molecule has 1 heterocycles. The fourth-order valence-corrected chi connectivity index (χ4v) is 1.15. The molecule has 1 aliphatic heterocycles. The molecular formula is C9H8N2O2. The summed E-state index contributed by atoms with van der Waals surface area (Å²) < 4.78 is 10.3. The Hall–Kier alpha value is -1.89. The molecule has 0 radical (unpaired) electrons. The largest absolute Gasteiger partial charge is 0.454 e. The molecule has 0 spiro atoms. The summed E-state index contributed by atoms with van der Waals surface area (Å²) in [5, 5.41) is 11.3. The molecule has 0 aromatic heterocycles. The Kier molecular flexibility index (Phi) is 1.93. The van der Waals surface area contributed by atoms with E-state index in [2.05, 4.69) is 5.32 Å². The average Bonchev–Trinajstić information content (AvgIpc) is 2.61. The topological polar surface area (TPSA) is 54.3 Å².